The molecule has 1 N–H and O–H groups in total. The molecule has 2 aromatic heterocycles. The minimum absolute atomic E-state index is 0.942. The van der Waals surface area contributed by atoms with E-state index < -0.39 is 0 Å². The van der Waals surface area contributed by atoms with Crippen LogP contribution in [0.25, 0.3) is 0 Å². The van der Waals surface area contributed by atoms with Gasteiger partial charge in [-0.05, 0) is 18.0 Å². The van der Waals surface area contributed by atoms with E-state index in [1.54, 1.807) is 22.7 Å². The average Bonchev–Trinajstić information content (AvgIpc) is 3.00. The van der Waals surface area contributed by atoms with E-state index in [2.05, 4.69) is 52.1 Å². The van der Waals surface area contributed by atoms with Gasteiger partial charge >= 0.3 is 0 Å². The monoisotopic (exact) mass is 281 g/mol. The Bertz CT molecular complexity index is 451. The lowest BCUT2D eigenvalue weighted by Gasteiger charge is -2.14. The first-order valence-electron chi connectivity index (χ1n) is 6.18. The summed E-state index contributed by atoms with van der Waals surface area (Å²) in [5, 5.41) is 8.71. The lowest BCUT2D eigenvalue weighted by atomic mass is 10.3. The number of aromatic nitrogens is 1. The molecule has 2 heterocycles. The van der Waals surface area contributed by atoms with Crippen LogP contribution < -0.4 is 10.2 Å². The summed E-state index contributed by atoms with van der Waals surface area (Å²) in [5.74, 6) is 0. The van der Waals surface area contributed by atoms with Gasteiger partial charge in [-0.15, -0.1) is 22.7 Å². The summed E-state index contributed by atoms with van der Waals surface area (Å²) in [5.41, 5.74) is 1.19. The first kappa shape index (κ1) is 13.5. The van der Waals surface area contributed by atoms with Gasteiger partial charge in [0.25, 0.3) is 0 Å². The van der Waals surface area contributed by atoms with Gasteiger partial charge in [0.2, 0.25) is 0 Å². The Labute approximate surface area is 116 Å². The fourth-order valence-corrected chi connectivity index (χ4v) is 3.27. The maximum absolute atomic E-state index is 4.67. The van der Waals surface area contributed by atoms with Crippen molar-refractivity contribution in [1.82, 2.24) is 10.3 Å². The molecule has 0 aromatic carbocycles. The average molecular weight is 281 g/mol. The summed E-state index contributed by atoms with van der Waals surface area (Å²) in [4.78, 5) is 8.26. The molecule has 0 aliphatic rings. The van der Waals surface area contributed by atoms with Crippen LogP contribution >= 0.6 is 22.7 Å². The topological polar surface area (TPSA) is 28.2 Å². The highest BCUT2D eigenvalue weighted by atomic mass is 32.1. The van der Waals surface area contributed by atoms with Gasteiger partial charge in [0, 0.05) is 30.3 Å². The van der Waals surface area contributed by atoms with Gasteiger partial charge in [-0.3, -0.25) is 0 Å². The molecule has 18 heavy (non-hydrogen) atoms. The Balaban J connectivity index is 1.88. The number of hydrogen-bond donors (Lipinski definition) is 1. The lowest BCUT2D eigenvalue weighted by Crippen LogP contribution is -2.17. The Morgan fingerprint density at radius 3 is 3.00 bits per heavy atom. The van der Waals surface area contributed by atoms with Crippen LogP contribution in [0.2, 0.25) is 0 Å². The summed E-state index contributed by atoms with van der Waals surface area (Å²) >= 11 is 3.52. The second-order valence-electron chi connectivity index (χ2n) is 4.16. The third-order valence-electron chi connectivity index (χ3n) is 2.65. The minimum Gasteiger partial charge on any atom is -0.346 e. The maximum atomic E-state index is 4.67. The van der Waals surface area contributed by atoms with E-state index in [-0.39, 0.29) is 0 Å². The van der Waals surface area contributed by atoms with Gasteiger partial charge in [-0.2, -0.15) is 0 Å². The molecule has 0 radical (unpaired) electrons. The van der Waals surface area contributed by atoms with Gasteiger partial charge in [-0.1, -0.05) is 13.0 Å². The molecule has 0 spiro atoms. The van der Waals surface area contributed by atoms with Crippen molar-refractivity contribution in [2.45, 2.75) is 19.9 Å². The number of thiophene rings is 1. The Hall–Kier alpha value is -0.910. The summed E-state index contributed by atoms with van der Waals surface area (Å²) in [7, 11) is 2.10. The van der Waals surface area contributed by atoms with Crippen LogP contribution in [0.4, 0.5) is 5.13 Å². The van der Waals surface area contributed by atoms with Crippen molar-refractivity contribution in [3.05, 3.63) is 33.5 Å². The van der Waals surface area contributed by atoms with Gasteiger partial charge < -0.3 is 10.2 Å². The summed E-state index contributed by atoms with van der Waals surface area (Å²) in [6, 6.07) is 4.26. The second kappa shape index (κ2) is 6.87. The van der Waals surface area contributed by atoms with Crippen LogP contribution in [0.3, 0.4) is 0 Å². The number of nitrogens with zero attached hydrogens (tertiary/aromatic N) is 2. The van der Waals surface area contributed by atoms with Crippen molar-refractivity contribution < 1.29 is 0 Å². The molecule has 2 rings (SSSR count). The third kappa shape index (κ3) is 3.80. The zero-order chi connectivity index (χ0) is 12.8. The van der Waals surface area contributed by atoms with Crippen molar-refractivity contribution in [3.63, 3.8) is 0 Å². The van der Waals surface area contributed by atoms with Crippen molar-refractivity contribution >= 4 is 27.8 Å². The van der Waals surface area contributed by atoms with E-state index in [9.17, 15) is 0 Å². The molecule has 0 bridgehead atoms. The Morgan fingerprint density at radius 2 is 2.28 bits per heavy atom. The summed E-state index contributed by atoms with van der Waals surface area (Å²) in [6.45, 7) is 5.10. The highest BCUT2D eigenvalue weighted by Crippen LogP contribution is 2.22. The van der Waals surface area contributed by atoms with Gasteiger partial charge in [0.15, 0.2) is 5.13 Å². The molecule has 0 saturated carbocycles. The second-order valence-corrected chi connectivity index (χ2v) is 6.03. The van der Waals surface area contributed by atoms with Crippen LogP contribution in [0.1, 0.15) is 17.5 Å². The molecule has 0 unspecified atom stereocenters. The minimum atomic E-state index is 0.942. The molecule has 5 heteroatoms. The highest BCUT2D eigenvalue weighted by molar-refractivity contribution is 7.13. The zero-order valence-corrected chi connectivity index (χ0v) is 12.5. The van der Waals surface area contributed by atoms with E-state index >= 15 is 0 Å². The van der Waals surface area contributed by atoms with Crippen LogP contribution in [0, 0.1) is 0 Å². The number of anilines is 1. The SMILES string of the molecule is CCNCCc1csc(N(C)Cc2cccs2)n1. The highest BCUT2D eigenvalue weighted by Gasteiger charge is 2.07. The van der Waals surface area contributed by atoms with Crippen LogP contribution in [-0.2, 0) is 13.0 Å². The summed E-state index contributed by atoms with van der Waals surface area (Å²) < 4.78 is 0. The lowest BCUT2D eigenvalue weighted by molar-refractivity contribution is 0.709. The Morgan fingerprint density at radius 1 is 1.39 bits per heavy atom. The summed E-state index contributed by atoms with van der Waals surface area (Å²) in [6.07, 6.45) is 1.01. The Kier molecular flexibility index (Phi) is 5.16. The van der Waals surface area contributed by atoms with Crippen molar-refractivity contribution in [2.75, 3.05) is 25.0 Å². The first-order chi connectivity index (χ1) is 8.79. The third-order valence-corrected chi connectivity index (χ3v) is 4.51. The van der Waals surface area contributed by atoms with E-state index in [1.807, 2.05) is 0 Å². The smallest absolute Gasteiger partial charge is 0.185 e. The normalized spacial score (nSPS) is 10.8. The van der Waals surface area contributed by atoms with E-state index in [4.69, 9.17) is 0 Å². The maximum Gasteiger partial charge on any atom is 0.185 e. The number of thiazole rings is 1. The van der Waals surface area contributed by atoms with Crippen molar-refractivity contribution in [3.8, 4) is 0 Å². The molecule has 0 fully saturated rings. The largest absolute Gasteiger partial charge is 0.346 e. The van der Waals surface area contributed by atoms with Gasteiger partial charge in [0.05, 0.1) is 12.2 Å². The van der Waals surface area contributed by atoms with E-state index in [0.717, 1.165) is 31.2 Å². The predicted octanol–water partition coefficient (Wildman–Crippen LogP) is 2.99. The molecule has 98 valence electrons. The first-order valence-corrected chi connectivity index (χ1v) is 7.94. The predicted molar refractivity (Wildman–Crippen MR) is 80.8 cm³/mol. The quantitative estimate of drug-likeness (QED) is 0.791. The molecule has 0 saturated heterocycles. The molecular formula is C13H19N3S2. The van der Waals surface area contributed by atoms with E-state index in [1.165, 1.54) is 10.6 Å². The molecule has 0 amide bonds. The standard InChI is InChI=1S/C13H19N3S2/c1-3-14-7-6-11-10-18-13(15-11)16(2)9-12-5-4-8-17-12/h4-5,8,10,14H,3,6-7,9H2,1-2H3. The number of rotatable bonds is 7. The van der Waals surface area contributed by atoms with Gasteiger partial charge in [-0.25, -0.2) is 4.98 Å². The van der Waals surface area contributed by atoms with Crippen LogP contribution in [-0.4, -0.2) is 25.1 Å². The van der Waals surface area contributed by atoms with E-state index in [0.29, 0.717) is 0 Å². The molecule has 0 atom stereocenters. The number of likely N-dealkylation sites (N-methyl/N-ethyl adjacent to an activating group) is 1. The van der Waals surface area contributed by atoms with Crippen LogP contribution in [0.15, 0.2) is 22.9 Å². The fourth-order valence-electron chi connectivity index (χ4n) is 1.68. The molecule has 0 aliphatic carbocycles. The molecule has 3 nitrogen and oxygen atoms in total. The number of hydrogen-bond acceptors (Lipinski definition) is 5. The van der Waals surface area contributed by atoms with Crippen molar-refractivity contribution in [1.29, 1.82) is 0 Å². The van der Waals surface area contributed by atoms with Crippen molar-refractivity contribution in [2.24, 2.45) is 0 Å². The van der Waals surface area contributed by atoms with Gasteiger partial charge in [0.1, 0.15) is 0 Å². The number of nitrogens with one attached hydrogen (secondary N) is 1. The molecular weight excluding hydrogens is 262 g/mol. The molecule has 2 aromatic rings. The zero-order valence-electron chi connectivity index (χ0n) is 10.8. The van der Waals surface area contributed by atoms with Crippen LogP contribution in [0.5, 0.6) is 0 Å². The fraction of sp³-hybridized carbons (Fsp3) is 0.462. The molecule has 0 aliphatic heterocycles.